The minimum absolute atomic E-state index is 0.136. The summed E-state index contributed by atoms with van der Waals surface area (Å²) in [6.45, 7) is 4.53. The van der Waals surface area contributed by atoms with E-state index in [9.17, 15) is 19.5 Å². The van der Waals surface area contributed by atoms with Crippen LogP contribution in [0.1, 0.15) is 37.8 Å². The molecule has 4 N–H and O–H groups in total. The van der Waals surface area contributed by atoms with Crippen molar-refractivity contribution in [2.45, 2.75) is 63.8 Å². The molecule has 1 fully saturated rings. The quantitative estimate of drug-likeness (QED) is 0.181. The van der Waals surface area contributed by atoms with Crippen molar-refractivity contribution in [3.63, 3.8) is 0 Å². The molecule has 4 rings (SSSR count). The molecule has 1 heterocycles. The lowest BCUT2D eigenvalue weighted by molar-refractivity contribution is -0.128. The van der Waals surface area contributed by atoms with E-state index in [0.29, 0.717) is 25.9 Å². The Morgan fingerprint density at radius 3 is 2.11 bits per heavy atom. The van der Waals surface area contributed by atoms with Gasteiger partial charge in [-0.05, 0) is 54.9 Å². The third-order valence-electron chi connectivity index (χ3n) is 7.92. The van der Waals surface area contributed by atoms with Gasteiger partial charge in [-0.1, -0.05) is 104 Å². The summed E-state index contributed by atoms with van der Waals surface area (Å²) in [6, 6.07) is 22.0. The molecule has 0 saturated carbocycles. The van der Waals surface area contributed by atoms with E-state index in [4.69, 9.17) is 27.9 Å². The van der Waals surface area contributed by atoms with Crippen LogP contribution in [0.5, 0.6) is 5.75 Å². The summed E-state index contributed by atoms with van der Waals surface area (Å²) in [6.07, 6.45) is 0.641. The maximum absolute atomic E-state index is 13.8. The number of hydrogen-bond acceptors (Lipinski definition) is 5. The summed E-state index contributed by atoms with van der Waals surface area (Å²) in [7, 11) is 0. The predicted molar refractivity (Wildman–Crippen MR) is 180 cm³/mol. The molecule has 0 aromatic heterocycles. The summed E-state index contributed by atoms with van der Waals surface area (Å²) in [4.78, 5) is 41.2. The SMILES string of the molecule is CC(C)[C@@H](C(=O)N[C@@H](Cc1ccccc1)C[C@H](O)[C@H](Cc1ccccc1)NC(=O)COc1c(Cl)cccc1Cl)N1CCCNC1=O. The van der Waals surface area contributed by atoms with Gasteiger partial charge in [0.05, 0.1) is 22.2 Å². The monoisotopic (exact) mass is 668 g/mol. The van der Waals surface area contributed by atoms with Crippen LogP contribution in [0.4, 0.5) is 4.79 Å². The third-order valence-corrected chi connectivity index (χ3v) is 8.52. The molecule has 246 valence electrons. The topological polar surface area (TPSA) is 120 Å². The van der Waals surface area contributed by atoms with E-state index >= 15 is 0 Å². The normalized spacial score (nSPS) is 15.8. The zero-order valence-corrected chi connectivity index (χ0v) is 27.6. The summed E-state index contributed by atoms with van der Waals surface area (Å²) >= 11 is 12.4. The zero-order chi connectivity index (χ0) is 33.1. The lowest BCUT2D eigenvalue weighted by Gasteiger charge is -2.37. The molecule has 9 nitrogen and oxygen atoms in total. The van der Waals surface area contributed by atoms with Crippen LogP contribution in [0.3, 0.4) is 0 Å². The van der Waals surface area contributed by atoms with Crippen LogP contribution in [0.25, 0.3) is 0 Å². The Kier molecular flexibility index (Phi) is 13.1. The largest absolute Gasteiger partial charge is 0.481 e. The lowest BCUT2D eigenvalue weighted by atomic mass is 9.92. The fourth-order valence-corrected chi connectivity index (χ4v) is 6.22. The smallest absolute Gasteiger partial charge is 0.318 e. The van der Waals surface area contributed by atoms with Gasteiger partial charge in [0, 0.05) is 19.1 Å². The third kappa shape index (κ3) is 10.1. The number of urea groups is 1. The molecular weight excluding hydrogens is 627 g/mol. The molecule has 0 radical (unpaired) electrons. The number of hydrogen-bond donors (Lipinski definition) is 4. The van der Waals surface area contributed by atoms with Gasteiger partial charge in [-0.25, -0.2) is 4.79 Å². The van der Waals surface area contributed by atoms with Gasteiger partial charge >= 0.3 is 6.03 Å². The fraction of sp³-hybridized carbons (Fsp3) is 0.400. The van der Waals surface area contributed by atoms with E-state index in [-0.39, 0.29) is 46.7 Å². The molecule has 46 heavy (non-hydrogen) atoms. The Hall–Kier alpha value is -3.79. The highest BCUT2D eigenvalue weighted by Crippen LogP contribution is 2.32. The molecule has 1 aliphatic rings. The second-order valence-electron chi connectivity index (χ2n) is 11.9. The highest BCUT2D eigenvalue weighted by atomic mass is 35.5. The molecule has 11 heteroatoms. The number of nitrogens with one attached hydrogen (secondary N) is 3. The number of aliphatic hydroxyl groups excluding tert-OH is 1. The number of para-hydroxylation sites is 1. The minimum atomic E-state index is -1.04. The van der Waals surface area contributed by atoms with Crippen molar-refractivity contribution in [3.05, 3.63) is 100 Å². The van der Waals surface area contributed by atoms with Crippen LogP contribution < -0.4 is 20.7 Å². The molecule has 4 atom stereocenters. The van der Waals surface area contributed by atoms with Crippen LogP contribution in [-0.4, -0.2) is 71.8 Å². The highest BCUT2D eigenvalue weighted by Gasteiger charge is 2.35. The number of halogens is 2. The molecule has 3 aromatic rings. The zero-order valence-electron chi connectivity index (χ0n) is 26.1. The first-order valence-electron chi connectivity index (χ1n) is 15.6. The molecule has 0 bridgehead atoms. The summed E-state index contributed by atoms with van der Waals surface area (Å²) < 4.78 is 5.64. The number of carbonyl (C=O) groups is 3. The molecule has 0 unspecified atom stereocenters. The molecule has 0 spiro atoms. The van der Waals surface area contributed by atoms with Crippen molar-refractivity contribution in [3.8, 4) is 5.75 Å². The molecule has 0 aliphatic carbocycles. The van der Waals surface area contributed by atoms with Crippen LogP contribution in [0, 0.1) is 5.92 Å². The fourth-order valence-electron chi connectivity index (χ4n) is 5.71. The Bertz CT molecular complexity index is 1420. The number of aliphatic hydroxyl groups is 1. The maximum Gasteiger partial charge on any atom is 0.318 e. The number of benzene rings is 3. The summed E-state index contributed by atoms with van der Waals surface area (Å²) in [5.41, 5.74) is 1.90. The van der Waals surface area contributed by atoms with Crippen molar-refractivity contribution >= 4 is 41.0 Å². The number of ether oxygens (including phenoxy) is 1. The van der Waals surface area contributed by atoms with Gasteiger partial charge in [-0.2, -0.15) is 0 Å². The molecule has 1 aliphatic heterocycles. The average molecular weight is 670 g/mol. The van der Waals surface area contributed by atoms with Gasteiger partial charge in [0.25, 0.3) is 5.91 Å². The van der Waals surface area contributed by atoms with Crippen molar-refractivity contribution < 1.29 is 24.2 Å². The van der Waals surface area contributed by atoms with Crippen molar-refractivity contribution in [2.75, 3.05) is 19.7 Å². The van der Waals surface area contributed by atoms with E-state index < -0.39 is 30.1 Å². The lowest BCUT2D eigenvalue weighted by Crippen LogP contribution is -2.59. The Labute approximate surface area is 280 Å². The number of rotatable bonds is 15. The predicted octanol–water partition coefficient (Wildman–Crippen LogP) is 5.02. The van der Waals surface area contributed by atoms with Crippen LogP contribution in [-0.2, 0) is 22.4 Å². The maximum atomic E-state index is 13.8. The molecule has 4 amide bonds. The highest BCUT2D eigenvalue weighted by molar-refractivity contribution is 6.37. The van der Waals surface area contributed by atoms with Crippen molar-refractivity contribution in [2.24, 2.45) is 5.92 Å². The Morgan fingerprint density at radius 1 is 0.913 bits per heavy atom. The van der Waals surface area contributed by atoms with Crippen LogP contribution >= 0.6 is 23.2 Å². The number of nitrogens with zero attached hydrogens (tertiary/aromatic N) is 1. The van der Waals surface area contributed by atoms with Gasteiger partial charge < -0.3 is 30.7 Å². The minimum Gasteiger partial charge on any atom is -0.481 e. The second kappa shape index (κ2) is 17.2. The summed E-state index contributed by atoms with van der Waals surface area (Å²) in [5.74, 6) is -0.679. The molecule has 1 saturated heterocycles. The second-order valence-corrected chi connectivity index (χ2v) is 12.7. The first-order valence-corrected chi connectivity index (χ1v) is 16.3. The number of amides is 4. The van der Waals surface area contributed by atoms with Crippen molar-refractivity contribution in [1.82, 2.24) is 20.9 Å². The van der Waals surface area contributed by atoms with E-state index in [2.05, 4.69) is 16.0 Å². The van der Waals surface area contributed by atoms with Gasteiger partial charge in [0.1, 0.15) is 6.04 Å². The van der Waals surface area contributed by atoms with Crippen molar-refractivity contribution in [1.29, 1.82) is 0 Å². The first-order chi connectivity index (χ1) is 22.1. The van der Waals surface area contributed by atoms with E-state index in [1.54, 1.807) is 23.1 Å². The van der Waals surface area contributed by atoms with Gasteiger partial charge in [0.2, 0.25) is 5.91 Å². The van der Waals surface area contributed by atoms with Crippen LogP contribution in [0.2, 0.25) is 10.0 Å². The molecule has 3 aromatic carbocycles. The average Bonchev–Trinajstić information content (AvgIpc) is 3.02. The van der Waals surface area contributed by atoms with Crippen LogP contribution in [0.15, 0.2) is 78.9 Å². The standard InChI is InChI=1S/C35H42Cl2N4O5/c1-23(2)32(41-18-10-17-38-35(41)45)34(44)39-26(19-24-11-5-3-6-12-24)21-30(42)29(20-25-13-7-4-8-14-25)40-31(43)22-46-33-27(36)15-9-16-28(33)37/h3-9,11-16,23,26,29-30,32,42H,10,17-22H2,1-2H3,(H,38,45)(H,39,44)(H,40,43)/t26-,29-,30-,32-/m0/s1. The van der Waals surface area contributed by atoms with Gasteiger partial charge in [-0.3, -0.25) is 9.59 Å². The summed E-state index contributed by atoms with van der Waals surface area (Å²) in [5, 5.41) is 21.1. The number of carbonyl (C=O) groups excluding carboxylic acids is 3. The van der Waals surface area contributed by atoms with E-state index in [0.717, 1.165) is 17.5 Å². The Balaban J connectivity index is 1.52. The Morgan fingerprint density at radius 2 is 1.52 bits per heavy atom. The van der Waals surface area contributed by atoms with Gasteiger partial charge in [-0.15, -0.1) is 0 Å². The van der Waals surface area contributed by atoms with E-state index in [1.165, 1.54) is 0 Å². The first kappa shape index (κ1) is 35.1. The van der Waals surface area contributed by atoms with E-state index in [1.807, 2.05) is 74.5 Å². The molecular formula is C35H42Cl2N4O5. The van der Waals surface area contributed by atoms with Gasteiger partial charge in [0.15, 0.2) is 12.4 Å².